The summed E-state index contributed by atoms with van der Waals surface area (Å²) in [6, 6.07) is 28.7. The van der Waals surface area contributed by atoms with Crippen LogP contribution in [0.1, 0.15) is 16.7 Å². The number of ether oxygens (including phenoxy) is 3. The van der Waals surface area contributed by atoms with Crippen LogP contribution in [-0.4, -0.2) is 31.3 Å². The number of para-hydroxylation sites is 1. The van der Waals surface area contributed by atoms with Crippen molar-refractivity contribution in [2.45, 2.75) is 18.6 Å². The maximum atomic E-state index is 13.2. The van der Waals surface area contributed by atoms with Crippen LogP contribution >= 0.6 is 0 Å². The fraction of sp³-hybridized carbons (Fsp3) is 0.185. The second-order valence-electron chi connectivity index (χ2n) is 7.49. The van der Waals surface area contributed by atoms with Gasteiger partial charge in [0.05, 0.1) is 12.6 Å². The largest absolute Gasteiger partial charge is 0.466 e. The lowest BCUT2D eigenvalue weighted by Crippen LogP contribution is -2.51. The van der Waals surface area contributed by atoms with E-state index in [1.807, 2.05) is 97.9 Å². The number of aromatic nitrogens is 1. The van der Waals surface area contributed by atoms with Gasteiger partial charge in [0.15, 0.2) is 5.60 Å². The Balaban J connectivity index is 1.90. The Labute approximate surface area is 187 Å². The first kappa shape index (κ1) is 21.5. The number of fused-ring (bicyclic) bond motifs is 1. The van der Waals surface area contributed by atoms with Gasteiger partial charge in [-0.05, 0) is 29.7 Å². The molecule has 0 radical (unpaired) electrons. The molecule has 1 unspecified atom stereocenters. The van der Waals surface area contributed by atoms with Crippen molar-refractivity contribution in [1.82, 2.24) is 4.98 Å². The fourth-order valence-corrected chi connectivity index (χ4v) is 4.09. The van der Waals surface area contributed by atoms with Crippen LogP contribution in [0.3, 0.4) is 0 Å². The Bertz CT molecular complexity index is 1170. The molecule has 4 rings (SSSR count). The van der Waals surface area contributed by atoms with E-state index in [1.165, 1.54) is 7.11 Å². The van der Waals surface area contributed by atoms with Crippen LogP contribution in [0.5, 0.6) is 5.88 Å². The smallest absolute Gasteiger partial charge is 0.350 e. The van der Waals surface area contributed by atoms with Crippen molar-refractivity contribution in [3.8, 4) is 5.88 Å². The summed E-state index contributed by atoms with van der Waals surface area (Å²) in [5.74, 6) is -0.239. The summed E-state index contributed by atoms with van der Waals surface area (Å²) in [7, 11) is 2.91. The second kappa shape index (κ2) is 9.20. The van der Waals surface area contributed by atoms with Crippen molar-refractivity contribution in [3.05, 3.63) is 108 Å². The Morgan fingerprint density at radius 3 is 1.97 bits per heavy atom. The van der Waals surface area contributed by atoms with Crippen LogP contribution in [0.25, 0.3) is 10.9 Å². The first-order valence-corrected chi connectivity index (χ1v) is 10.4. The Morgan fingerprint density at radius 2 is 1.41 bits per heavy atom. The molecule has 0 saturated heterocycles. The van der Waals surface area contributed by atoms with Gasteiger partial charge in [-0.15, -0.1) is 0 Å². The highest BCUT2D eigenvalue weighted by atomic mass is 16.6. The highest BCUT2D eigenvalue weighted by Gasteiger charge is 2.49. The number of hydrogen-bond acceptors (Lipinski definition) is 5. The number of nitrogens with zero attached hydrogens (tertiary/aromatic N) is 1. The van der Waals surface area contributed by atoms with Crippen LogP contribution in [0.4, 0.5) is 0 Å². The van der Waals surface area contributed by atoms with Gasteiger partial charge in [0.2, 0.25) is 12.0 Å². The fourth-order valence-electron chi connectivity index (χ4n) is 4.09. The molecule has 0 aliphatic rings. The van der Waals surface area contributed by atoms with Crippen LogP contribution in [0, 0.1) is 6.92 Å². The zero-order valence-electron chi connectivity index (χ0n) is 18.3. The highest BCUT2D eigenvalue weighted by molar-refractivity contribution is 5.83. The van der Waals surface area contributed by atoms with Crippen LogP contribution in [-0.2, 0) is 19.9 Å². The SMILES string of the molecule is COC(=O)C(Oc1cc(C)c2ccccc2n1)C(OC)(c1ccccc1)c1ccccc1. The van der Waals surface area contributed by atoms with Crippen LogP contribution < -0.4 is 4.74 Å². The molecule has 0 amide bonds. The van der Waals surface area contributed by atoms with E-state index < -0.39 is 17.7 Å². The van der Waals surface area contributed by atoms with E-state index in [2.05, 4.69) is 4.98 Å². The lowest BCUT2D eigenvalue weighted by Gasteiger charge is -2.38. The lowest BCUT2D eigenvalue weighted by molar-refractivity contribution is -0.164. The average molecular weight is 428 g/mol. The molecule has 5 heteroatoms. The Kier molecular flexibility index (Phi) is 6.19. The van der Waals surface area contributed by atoms with Gasteiger partial charge in [-0.1, -0.05) is 78.9 Å². The summed E-state index contributed by atoms with van der Waals surface area (Å²) < 4.78 is 17.6. The summed E-state index contributed by atoms with van der Waals surface area (Å²) >= 11 is 0. The first-order valence-electron chi connectivity index (χ1n) is 10.4. The predicted molar refractivity (Wildman–Crippen MR) is 124 cm³/mol. The van der Waals surface area contributed by atoms with Gasteiger partial charge in [-0.25, -0.2) is 9.78 Å². The number of esters is 1. The minimum absolute atomic E-state index is 0.324. The van der Waals surface area contributed by atoms with E-state index in [0.29, 0.717) is 5.88 Å². The maximum absolute atomic E-state index is 13.2. The van der Waals surface area contributed by atoms with Crippen molar-refractivity contribution in [1.29, 1.82) is 0 Å². The number of rotatable bonds is 7. The lowest BCUT2D eigenvalue weighted by atomic mass is 9.81. The number of methoxy groups -OCH3 is 2. The number of carbonyl (C=O) groups excluding carboxylic acids is 1. The van der Waals surface area contributed by atoms with Gasteiger partial charge < -0.3 is 14.2 Å². The zero-order valence-corrected chi connectivity index (χ0v) is 18.3. The van der Waals surface area contributed by atoms with Crippen molar-refractivity contribution in [2.24, 2.45) is 0 Å². The predicted octanol–water partition coefficient (Wildman–Crippen LogP) is 5.05. The van der Waals surface area contributed by atoms with Gasteiger partial charge in [0.1, 0.15) is 0 Å². The minimum atomic E-state index is -1.25. The molecule has 0 aliphatic heterocycles. The molecule has 1 heterocycles. The average Bonchev–Trinajstić information content (AvgIpc) is 2.85. The number of pyridine rings is 1. The molecular weight excluding hydrogens is 402 g/mol. The second-order valence-corrected chi connectivity index (χ2v) is 7.49. The Morgan fingerprint density at radius 1 is 0.844 bits per heavy atom. The van der Waals surface area contributed by atoms with E-state index in [9.17, 15) is 4.79 Å². The molecule has 162 valence electrons. The van der Waals surface area contributed by atoms with Gasteiger partial charge >= 0.3 is 5.97 Å². The van der Waals surface area contributed by atoms with Gasteiger partial charge in [-0.3, -0.25) is 0 Å². The molecule has 1 aromatic heterocycles. The molecule has 0 spiro atoms. The molecule has 3 aromatic carbocycles. The number of carbonyl (C=O) groups is 1. The monoisotopic (exact) mass is 427 g/mol. The molecule has 32 heavy (non-hydrogen) atoms. The zero-order chi connectivity index (χ0) is 22.6. The summed E-state index contributed by atoms with van der Waals surface area (Å²) in [6.45, 7) is 1.99. The third kappa shape index (κ3) is 3.83. The van der Waals surface area contributed by atoms with E-state index >= 15 is 0 Å². The highest BCUT2D eigenvalue weighted by Crippen LogP contribution is 2.39. The van der Waals surface area contributed by atoms with Gasteiger partial charge in [0.25, 0.3) is 0 Å². The number of aryl methyl sites for hydroxylation is 1. The summed E-state index contributed by atoms with van der Waals surface area (Å²) in [5, 5.41) is 1.03. The quantitative estimate of drug-likeness (QED) is 0.386. The molecule has 5 nitrogen and oxygen atoms in total. The van der Waals surface area contributed by atoms with Crippen LogP contribution in [0.15, 0.2) is 91.0 Å². The maximum Gasteiger partial charge on any atom is 0.350 e. The van der Waals surface area contributed by atoms with Crippen molar-refractivity contribution in [3.63, 3.8) is 0 Å². The van der Waals surface area contributed by atoms with E-state index in [4.69, 9.17) is 14.2 Å². The Hall–Kier alpha value is -3.70. The van der Waals surface area contributed by atoms with E-state index in [1.54, 1.807) is 7.11 Å². The van der Waals surface area contributed by atoms with Crippen molar-refractivity contribution in [2.75, 3.05) is 14.2 Å². The van der Waals surface area contributed by atoms with Crippen molar-refractivity contribution >= 4 is 16.9 Å². The topological polar surface area (TPSA) is 57.7 Å². The van der Waals surface area contributed by atoms with Crippen LogP contribution in [0.2, 0.25) is 0 Å². The van der Waals surface area contributed by atoms with E-state index in [0.717, 1.165) is 27.6 Å². The molecule has 0 fully saturated rings. The summed E-state index contributed by atoms with van der Waals surface area (Å²) in [6.07, 6.45) is -1.14. The van der Waals surface area contributed by atoms with Gasteiger partial charge in [-0.2, -0.15) is 0 Å². The summed E-state index contributed by atoms with van der Waals surface area (Å²) in [5.41, 5.74) is 2.06. The molecule has 0 N–H and O–H groups in total. The first-order chi connectivity index (χ1) is 15.6. The molecule has 1 atom stereocenters. The standard InChI is InChI=1S/C27H25NO4/c1-19-18-24(28-23-17-11-10-16-22(19)23)32-25(26(29)30-2)27(31-3,20-12-6-4-7-13-20)21-14-8-5-9-15-21/h4-18,25H,1-3H3. The summed E-state index contributed by atoms with van der Waals surface area (Å²) in [4.78, 5) is 17.8. The molecule has 0 saturated carbocycles. The molecule has 0 aliphatic carbocycles. The molecule has 0 bridgehead atoms. The van der Waals surface area contributed by atoms with E-state index in [-0.39, 0.29) is 0 Å². The van der Waals surface area contributed by atoms with Gasteiger partial charge in [0, 0.05) is 18.6 Å². The molecular formula is C27H25NO4. The number of hydrogen-bond donors (Lipinski definition) is 0. The molecule has 4 aromatic rings. The number of benzene rings is 3. The normalized spacial score (nSPS) is 12.3. The third-order valence-electron chi connectivity index (χ3n) is 5.65. The minimum Gasteiger partial charge on any atom is -0.466 e. The van der Waals surface area contributed by atoms with Crippen molar-refractivity contribution < 1.29 is 19.0 Å². The third-order valence-corrected chi connectivity index (χ3v) is 5.65.